The standard InChI is InChI=1S/C12H13N5O2/c18-11(14-6-9-2-1-3-15-17-9)10-7-19-12(16-10)8-4-13-5-8/h1-3,7-8,13H,4-6H2,(H,14,18). The Labute approximate surface area is 109 Å². The van der Waals surface area contributed by atoms with Crippen molar-refractivity contribution in [3.05, 3.63) is 41.9 Å². The van der Waals surface area contributed by atoms with Gasteiger partial charge in [0.2, 0.25) is 0 Å². The van der Waals surface area contributed by atoms with Crippen LogP contribution in [0, 0.1) is 0 Å². The summed E-state index contributed by atoms with van der Waals surface area (Å²) >= 11 is 0. The van der Waals surface area contributed by atoms with Gasteiger partial charge in [0.25, 0.3) is 5.91 Å². The first-order valence-electron chi connectivity index (χ1n) is 6.04. The highest BCUT2D eigenvalue weighted by Gasteiger charge is 2.25. The second-order valence-corrected chi connectivity index (χ2v) is 4.32. The summed E-state index contributed by atoms with van der Waals surface area (Å²) in [6.07, 6.45) is 2.97. The van der Waals surface area contributed by atoms with E-state index in [-0.39, 0.29) is 11.8 Å². The van der Waals surface area contributed by atoms with Crippen molar-refractivity contribution in [2.24, 2.45) is 0 Å². The van der Waals surface area contributed by atoms with Crippen molar-refractivity contribution in [1.29, 1.82) is 0 Å². The van der Waals surface area contributed by atoms with Gasteiger partial charge in [0.15, 0.2) is 11.6 Å². The molecule has 0 saturated carbocycles. The molecule has 7 heteroatoms. The lowest BCUT2D eigenvalue weighted by Gasteiger charge is -2.23. The van der Waals surface area contributed by atoms with Gasteiger partial charge in [-0.25, -0.2) is 4.98 Å². The van der Waals surface area contributed by atoms with Gasteiger partial charge >= 0.3 is 0 Å². The van der Waals surface area contributed by atoms with E-state index in [4.69, 9.17) is 4.42 Å². The average molecular weight is 259 g/mol. The van der Waals surface area contributed by atoms with Crippen molar-refractivity contribution >= 4 is 5.91 Å². The monoisotopic (exact) mass is 259 g/mol. The molecule has 19 heavy (non-hydrogen) atoms. The number of carbonyl (C=O) groups is 1. The van der Waals surface area contributed by atoms with E-state index in [1.807, 2.05) is 0 Å². The van der Waals surface area contributed by atoms with Crippen molar-refractivity contribution in [1.82, 2.24) is 25.8 Å². The summed E-state index contributed by atoms with van der Waals surface area (Å²) in [7, 11) is 0. The fraction of sp³-hybridized carbons (Fsp3) is 0.333. The van der Waals surface area contributed by atoms with Crippen molar-refractivity contribution in [3.8, 4) is 0 Å². The highest BCUT2D eigenvalue weighted by Crippen LogP contribution is 2.18. The summed E-state index contributed by atoms with van der Waals surface area (Å²) in [4.78, 5) is 16.1. The number of nitrogens with zero attached hydrogens (tertiary/aromatic N) is 3. The summed E-state index contributed by atoms with van der Waals surface area (Å²) in [6, 6.07) is 3.56. The zero-order valence-corrected chi connectivity index (χ0v) is 10.2. The van der Waals surface area contributed by atoms with E-state index in [9.17, 15) is 4.79 Å². The quantitative estimate of drug-likeness (QED) is 0.807. The molecular weight excluding hydrogens is 246 g/mol. The van der Waals surface area contributed by atoms with E-state index >= 15 is 0 Å². The number of aromatic nitrogens is 3. The van der Waals surface area contributed by atoms with Crippen LogP contribution in [0.3, 0.4) is 0 Å². The van der Waals surface area contributed by atoms with Crippen LogP contribution in [0.1, 0.15) is 28.0 Å². The molecule has 98 valence electrons. The molecule has 2 N–H and O–H groups in total. The number of hydrogen-bond donors (Lipinski definition) is 2. The molecule has 0 bridgehead atoms. The molecule has 2 aromatic heterocycles. The molecular formula is C12H13N5O2. The molecule has 1 aliphatic rings. The zero-order chi connectivity index (χ0) is 13.1. The van der Waals surface area contributed by atoms with Crippen LogP contribution in [0.15, 0.2) is 29.0 Å². The highest BCUT2D eigenvalue weighted by atomic mass is 16.3. The number of nitrogens with one attached hydrogen (secondary N) is 2. The predicted octanol–water partition coefficient (Wildman–Crippen LogP) is 0.0814. The Morgan fingerprint density at radius 3 is 3.11 bits per heavy atom. The van der Waals surface area contributed by atoms with Gasteiger partial charge in [-0.3, -0.25) is 4.79 Å². The highest BCUT2D eigenvalue weighted by molar-refractivity contribution is 5.91. The number of oxazole rings is 1. The summed E-state index contributed by atoms with van der Waals surface area (Å²) < 4.78 is 5.30. The molecule has 2 aromatic rings. The molecule has 3 rings (SSSR count). The lowest BCUT2D eigenvalue weighted by molar-refractivity contribution is 0.0945. The number of hydrogen-bond acceptors (Lipinski definition) is 6. The van der Waals surface area contributed by atoms with Crippen LogP contribution in [0.25, 0.3) is 0 Å². The molecule has 1 aliphatic heterocycles. The minimum absolute atomic E-state index is 0.270. The fourth-order valence-corrected chi connectivity index (χ4v) is 1.73. The molecule has 0 unspecified atom stereocenters. The first kappa shape index (κ1) is 11.8. The fourth-order valence-electron chi connectivity index (χ4n) is 1.73. The predicted molar refractivity (Wildman–Crippen MR) is 65.3 cm³/mol. The Hall–Kier alpha value is -2.28. The molecule has 0 aliphatic carbocycles. The van der Waals surface area contributed by atoms with Crippen LogP contribution in [-0.2, 0) is 6.54 Å². The number of amides is 1. The molecule has 7 nitrogen and oxygen atoms in total. The van der Waals surface area contributed by atoms with Gasteiger partial charge in [-0.2, -0.15) is 10.2 Å². The van der Waals surface area contributed by atoms with Gasteiger partial charge in [0.1, 0.15) is 6.26 Å². The van der Waals surface area contributed by atoms with E-state index in [1.165, 1.54) is 6.26 Å². The van der Waals surface area contributed by atoms with E-state index in [0.717, 1.165) is 13.1 Å². The molecule has 3 heterocycles. The minimum Gasteiger partial charge on any atom is -0.448 e. The third-order valence-corrected chi connectivity index (χ3v) is 2.94. The van der Waals surface area contributed by atoms with Crippen LogP contribution in [0.4, 0.5) is 0 Å². The lowest BCUT2D eigenvalue weighted by atomic mass is 10.0. The first-order valence-corrected chi connectivity index (χ1v) is 6.04. The van der Waals surface area contributed by atoms with E-state index in [2.05, 4.69) is 25.8 Å². The van der Waals surface area contributed by atoms with Gasteiger partial charge in [-0.15, -0.1) is 0 Å². The van der Waals surface area contributed by atoms with Crippen molar-refractivity contribution < 1.29 is 9.21 Å². The Bertz CT molecular complexity index is 565. The zero-order valence-electron chi connectivity index (χ0n) is 10.2. The van der Waals surface area contributed by atoms with Crippen molar-refractivity contribution in [3.63, 3.8) is 0 Å². The largest absolute Gasteiger partial charge is 0.448 e. The summed E-state index contributed by atoms with van der Waals surface area (Å²) in [5.41, 5.74) is 0.994. The van der Waals surface area contributed by atoms with E-state index in [1.54, 1.807) is 18.3 Å². The van der Waals surface area contributed by atoms with Gasteiger partial charge in [0.05, 0.1) is 18.2 Å². The maximum Gasteiger partial charge on any atom is 0.273 e. The van der Waals surface area contributed by atoms with Gasteiger partial charge < -0.3 is 15.1 Å². The lowest BCUT2D eigenvalue weighted by Crippen LogP contribution is -2.40. The summed E-state index contributed by atoms with van der Waals surface area (Å²) in [5.74, 6) is 0.623. The number of rotatable bonds is 4. The molecule has 0 aromatic carbocycles. The van der Waals surface area contributed by atoms with E-state index < -0.39 is 0 Å². The smallest absolute Gasteiger partial charge is 0.273 e. The van der Waals surface area contributed by atoms with E-state index in [0.29, 0.717) is 23.8 Å². The SMILES string of the molecule is O=C(NCc1cccnn1)c1coc(C2CNC2)n1. The van der Waals surface area contributed by atoms with Crippen LogP contribution in [0.2, 0.25) is 0 Å². The van der Waals surface area contributed by atoms with Crippen molar-refractivity contribution in [2.75, 3.05) is 13.1 Å². The van der Waals surface area contributed by atoms with Crippen LogP contribution in [0.5, 0.6) is 0 Å². The van der Waals surface area contributed by atoms with Crippen LogP contribution < -0.4 is 10.6 Å². The van der Waals surface area contributed by atoms with Gasteiger partial charge in [-0.1, -0.05) is 0 Å². The normalized spacial score (nSPS) is 14.9. The van der Waals surface area contributed by atoms with Crippen LogP contribution in [-0.4, -0.2) is 34.2 Å². The van der Waals surface area contributed by atoms with Gasteiger partial charge in [0, 0.05) is 19.3 Å². The molecule has 0 radical (unpaired) electrons. The second kappa shape index (κ2) is 5.15. The molecule has 1 amide bonds. The molecule has 1 saturated heterocycles. The third-order valence-electron chi connectivity index (χ3n) is 2.94. The molecule has 1 fully saturated rings. The Kier molecular flexibility index (Phi) is 3.20. The maximum absolute atomic E-state index is 11.9. The van der Waals surface area contributed by atoms with Gasteiger partial charge in [-0.05, 0) is 12.1 Å². The average Bonchev–Trinajstić information content (AvgIpc) is 2.84. The molecule has 0 atom stereocenters. The Balaban J connectivity index is 1.59. The second-order valence-electron chi connectivity index (χ2n) is 4.32. The Morgan fingerprint density at radius 2 is 2.42 bits per heavy atom. The van der Waals surface area contributed by atoms with Crippen LogP contribution >= 0.6 is 0 Å². The topological polar surface area (TPSA) is 92.9 Å². The summed E-state index contributed by atoms with van der Waals surface area (Å²) in [5, 5.41) is 13.5. The maximum atomic E-state index is 11.9. The summed E-state index contributed by atoms with van der Waals surface area (Å²) in [6.45, 7) is 2.02. The third kappa shape index (κ3) is 2.60. The molecule has 0 spiro atoms. The first-order chi connectivity index (χ1) is 9.33. The minimum atomic E-state index is -0.270. The van der Waals surface area contributed by atoms with Crippen molar-refractivity contribution in [2.45, 2.75) is 12.5 Å². The number of carbonyl (C=O) groups excluding carboxylic acids is 1. The Morgan fingerprint density at radius 1 is 1.53 bits per heavy atom.